The van der Waals surface area contributed by atoms with Gasteiger partial charge in [0.15, 0.2) is 0 Å². The van der Waals surface area contributed by atoms with Gasteiger partial charge in [-0.1, -0.05) is 30.3 Å². The Labute approximate surface area is 196 Å². The third kappa shape index (κ3) is 4.25. The highest BCUT2D eigenvalue weighted by Crippen LogP contribution is 2.38. The van der Waals surface area contributed by atoms with Crippen molar-refractivity contribution in [2.75, 3.05) is 15.5 Å². The Morgan fingerprint density at radius 2 is 1.67 bits per heavy atom. The van der Waals surface area contributed by atoms with Crippen LogP contribution in [0.15, 0.2) is 84.2 Å². The molecule has 4 aromatic rings. The molecule has 5 rings (SSSR count). The van der Waals surface area contributed by atoms with Gasteiger partial charge in [0.05, 0.1) is 23.5 Å². The second-order valence-corrected chi connectivity index (χ2v) is 9.06. The van der Waals surface area contributed by atoms with Crippen LogP contribution in [0.25, 0.3) is 0 Å². The lowest BCUT2D eigenvalue weighted by atomic mass is 10.1. The van der Waals surface area contributed by atoms with E-state index in [1.165, 1.54) is 0 Å². The monoisotopic (exact) mass is 453 g/mol. The summed E-state index contributed by atoms with van der Waals surface area (Å²) < 4.78 is 0. The minimum Gasteiger partial charge on any atom is -0.379 e. The fourth-order valence-electron chi connectivity index (χ4n) is 4.03. The Hall–Kier alpha value is -3.90. The molecule has 0 unspecified atom stereocenters. The van der Waals surface area contributed by atoms with Crippen LogP contribution >= 0.6 is 11.3 Å². The minimum atomic E-state index is -0.120. The molecule has 33 heavy (non-hydrogen) atoms. The van der Waals surface area contributed by atoms with E-state index >= 15 is 0 Å². The summed E-state index contributed by atoms with van der Waals surface area (Å²) in [5, 5.41) is 8.35. The molecule has 1 aliphatic rings. The van der Waals surface area contributed by atoms with Crippen molar-refractivity contribution in [1.82, 2.24) is 0 Å². The summed E-state index contributed by atoms with van der Waals surface area (Å²) in [5.41, 5.74) is 5.90. The molecule has 0 saturated heterocycles. The van der Waals surface area contributed by atoms with E-state index in [1.807, 2.05) is 66.9 Å². The number of nitrogens with zero attached hydrogens (tertiary/aromatic N) is 1. The third-order valence-corrected chi connectivity index (χ3v) is 6.67. The van der Waals surface area contributed by atoms with E-state index in [9.17, 15) is 9.59 Å². The minimum absolute atomic E-state index is 0.0722. The van der Waals surface area contributed by atoms with Gasteiger partial charge in [-0.25, -0.2) is 0 Å². The number of benzene rings is 3. The van der Waals surface area contributed by atoms with E-state index in [-0.39, 0.29) is 11.8 Å². The van der Waals surface area contributed by atoms with Crippen molar-refractivity contribution in [2.24, 2.45) is 0 Å². The van der Waals surface area contributed by atoms with Crippen LogP contribution in [0, 0.1) is 6.92 Å². The van der Waals surface area contributed by atoms with Crippen molar-refractivity contribution < 1.29 is 9.59 Å². The van der Waals surface area contributed by atoms with Crippen molar-refractivity contribution in [1.29, 1.82) is 0 Å². The van der Waals surface area contributed by atoms with E-state index < -0.39 is 0 Å². The van der Waals surface area contributed by atoms with Gasteiger partial charge in [0.2, 0.25) is 5.91 Å². The molecule has 1 aliphatic heterocycles. The molecular formula is C27H23N3O2S. The number of thiophene rings is 1. The number of rotatable bonds is 4. The van der Waals surface area contributed by atoms with Gasteiger partial charge >= 0.3 is 0 Å². The molecule has 0 fully saturated rings. The molecule has 164 valence electrons. The number of anilines is 4. The highest BCUT2D eigenvalue weighted by atomic mass is 32.1. The van der Waals surface area contributed by atoms with Crippen molar-refractivity contribution in [3.63, 3.8) is 0 Å². The van der Waals surface area contributed by atoms with E-state index in [0.717, 1.165) is 33.1 Å². The first-order valence-electron chi connectivity index (χ1n) is 10.8. The van der Waals surface area contributed by atoms with Crippen LogP contribution in [0.3, 0.4) is 0 Å². The van der Waals surface area contributed by atoms with Crippen LogP contribution in [0.2, 0.25) is 0 Å². The van der Waals surface area contributed by atoms with Gasteiger partial charge in [-0.2, -0.15) is 0 Å². The second kappa shape index (κ2) is 8.92. The van der Waals surface area contributed by atoms with E-state index in [1.54, 1.807) is 40.5 Å². The van der Waals surface area contributed by atoms with Crippen LogP contribution in [-0.4, -0.2) is 11.8 Å². The number of amides is 2. The molecule has 6 heteroatoms. The topological polar surface area (TPSA) is 61.4 Å². The summed E-state index contributed by atoms with van der Waals surface area (Å²) in [7, 11) is 0. The van der Waals surface area contributed by atoms with Crippen LogP contribution < -0.4 is 15.5 Å². The summed E-state index contributed by atoms with van der Waals surface area (Å²) in [6.45, 7) is 2.66. The first-order valence-corrected chi connectivity index (χ1v) is 11.7. The molecule has 1 aromatic heterocycles. The summed E-state index contributed by atoms with van der Waals surface area (Å²) in [6, 6.07) is 24.8. The lowest BCUT2D eigenvalue weighted by Crippen LogP contribution is -2.26. The standard InChI is InChI=1S/C27H23N3O2S/c1-18-20(14-15-33-18)16-26(31)29-22-12-10-19(11-13-22)27(32)30-24-8-4-2-6-21(24)17-28-23-7-3-5-9-25(23)30/h2-15,28H,16-17H2,1H3,(H,29,31). The molecule has 2 amide bonds. The molecule has 0 aliphatic carbocycles. The molecule has 2 heterocycles. The number of nitrogens with one attached hydrogen (secondary N) is 2. The average molecular weight is 454 g/mol. The van der Waals surface area contributed by atoms with Gasteiger partial charge in [-0.3, -0.25) is 14.5 Å². The zero-order valence-electron chi connectivity index (χ0n) is 18.2. The Morgan fingerprint density at radius 1 is 0.939 bits per heavy atom. The highest BCUT2D eigenvalue weighted by molar-refractivity contribution is 7.10. The Bertz CT molecular complexity index is 1280. The number of carbonyl (C=O) groups excluding carboxylic acids is 2. The third-order valence-electron chi connectivity index (χ3n) is 5.78. The maximum Gasteiger partial charge on any atom is 0.262 e. The van der Waals surface area contributed by atoms with Gasteiger partial charge in [0.25, 0.3) is 5.91 Å². The molecule has 0 saturated carbocycles. The smallest absolute Gasteiger partial charge is 0.262 e. The molecule has 0 bridgehead atoms. The highest BCUT2D eigenvalue weighted by Gasteiger charge is 2.26. The number of aryl methyl sites for hydroxylation is 1. The molecule has 5 nitrogen and oxygen atoms in total. The van der Waals surface area contributed by atoms with Crippen molar-refractivity contribution >= 4 is 45.9 Å². The number of para-hydroxylation sites is 3. The summed E-state index contributed by atoms with van der Waals surface area (Å²) >= 11 is 1.64. The average Bonchev–Trinajstić information content (AvgIpc) is 3.15. The predicted octanol–water partition coefficient (Wildman–Crippen LogP) is 6.14. The first-order chi connectivity index (χ1) is 16.1. The number of carbonyl (C=O) groups is 2. The van der Waals surface area contributed by atoms with Crippen LogP contribution in [0.5, 0.6) is 0 Å². The van der Waals surface area contributed by atoms with Gasteiger partial charge in [0, 0.05) is 22.7 Å². The lowest BCUT2D eigenvalue weighted by Gasteiger charge is -2.24. The van der Waals surface area contributed by atoms with Crippen LogP contribution in [-0.2, 0) is 17.8 Å². The fourth-order valence-corrected chi connectivity index (χ4v) is 4.76. The predicted molar refractivity (Wildman–Crippen MR) is 135 cm³/mol. The van der Waals surface area contributed by atoms with E-state index in [2.05, 4.69) is 10.6 Å². The normalized spacial score (nSPS) is 12.2. The first kappa shape index (κ1) is 21.0. The second-order valence-electron chi connectivity index (χ2n) is 7.94. The van der Waals surface area contributed by atoms with Crippen LogP contribution in [0.1, 0.15) is 26.4 Å². The number of hydrogen-bond donors (Lipinski definition) is 2. The molecule has 2 N–H and O–H groups in total. The molecule has 3 aromatic carbocycles. The van der Waals surface area contributed by atoms with Crippen molar-refractivity contribution in [2.45, 2.75) is 19.9 Å². The maximum atomic E-state index is 13.7. The van der Waals surface area contributed by atoms with Gasteiger partial charge in [-0.05, 0) is 72.0 Å². The molecular weight excluding hydrogens is 430 g/mol. The van der Waals surface area contributed by atoms with Crippen molar-refractivity contribution in [3.05, 3.63) is 106 Å². The maximum absolute atomic E-state index is 13.7. The van der Waals surface area contributed by atoms with Gasteiger partial charge in [-0.15, -0.1) is 11.3 Å². The molecule has 0 radical (unpaired) electrons. The van der Waals surface area contributed by atoms with Crippen LogP contribution in [0.4, 0.5) is 22.7 Å². The van der Waals surface area contributed by atoms with E-state index in [4.69, 9.17) is 0 Å². The molecule has 0 spiro atoms. The zero-order chi connectivity index (χ0) is 22.8. The van der Waals surface area contributed by atoms with Gasteiger partial charge < -0.3 is 10.6 Å². The van der Waals surface area contributed by atoms with Crippen molar-refractivity contribution in [3.8, 4) is 0 Å². The Morgan fingerprint density at radius 3 is 2.42 bits per heavy atom. The summed E-state index contributed by atoms with van der Waals surface area (Å²) in [6.07, 6.45) is 0.338. The lowest BCUT2D eigenvalue weighted by molar-refractivity contribution is -0.115. The summed E-state index contributed by atoms with van der Waals surface area (Å²) in [5.74, 6) is -0.192. The SMILES string of the molecule is Cc1sccc1CC(=O)Nc1ccc(C(=O)N2c3ccccc3CNc3ccccc32)cc1. The number of hydrogen-bond acceptors (Lipinski definition) is 4. The Balaban J connectivity index is 1.40. The fraction of sp³-hybridized carbons (Fsp3) is 0.111. The number of fused-ring (bicyclic) bond motifs is 2. The van der Waals surface area contributed by atoms with E-state index in [0.29, 0.717) is 24.2 Å². The van der Waals surface area contributed by atoms with Gasteiger partial charge in [0.1, 0.15) is 0 Å². The summed E-state index contributed by atoms with van der Waals surface area (Å²) in [4.78, 5) is 29.0. The Kier molecular flexibility index (Phi) is 5.67. The quantitative estimate of drug-likeness (QED) is 0.390. The largest absolute Gasteiger partial charge is 0.379 e. The zero-order valence-corrected chi connectivity index (χ0v) is 19.0. The molecule has 0 atom stereocenters.